The molecule has 2 nitrogen and oxygen atoms in total. The van der Waals surface area contributed by atoms with Gasteiger partial charge in [0.15, 0.2) is 0 Å². The Balaban J connectivity index is 3.36. The van der Waals surface area contributed by atoms with E-state index >= 15 is 0 Å². The van der Waals surface area contributed by atoms with Crippen LogP contribution in [0.4, 0.5) is 4.20 Å². The van der Waals surface area contributed by atoms with Gasteiger partial charge >= 0.3 is 7.68 Å². The van der Waals surface area contributed by atoms with Gasteiger partial charge in [-0.25, -0.2) is 0 Å². The molecule has 0 rings (SSSR count). The third-order valence-electron chi connectivity index (χ3n) is 0.360. The summed E-state index contributed by atoms with van der Waals surface area (Å²) in [5, 5.41) is 0. The van der Waals surface area contributed by atoms with Crippen LogP contribution < -0.4 is 0 Å². The van der Waals surface area contributed by atoms with E-state index in [2.05, 4.69) is 4.52 Å². The highest BCUT2D eigenvalue weighted by Gasteiger charge is 2.09. The highest BCUT2D eigenvalue weighted by molar-refractivity contribution is 7.52. The van der Waals surface area contributed by atoms with Gasteiger partial charge < -0.3 is 4.52 Å². The Hall–Kier alpha value is 0.120. The molecule has 0 N–H and O–H groups in total. The van der Waals surface area contributed by atoms with Gasteiger partial charge in [-0.2, -0.15) is 4.20 Å². The Labute approximate surface area is 42.2 Å². The van der Waals surface area contributed by atoms with E-state index in [4.69, 9.17) is 0 Å². The number of halogens is 1. The van der Waals surface area contributed by atoms with Crippen LogP contribution in [-0.2, 0) is 9.09 Å². The molecule has 0 saturated heterocycles. The second-order valence-corrected chi connectivity index (χ2v) is 2.92. The molecule has 7 heavy (non-hydrogen) atoms. The molecule has 0 radical (unpaired) electrons. The summed E-state index contributed by atoms with van der Waals surface area (Å²) in [5.74, 6) is 0. The Kier molecular flexibility index (Phi) is 2.47. The average molecular weight is 126 g/mol. The van der Waals surface area contributed by atoms with Crippen LogP contribution in [0.5, 0.6) is 0 Å². The zero-order chi connectivity index (χ0) is 5.91. The van der Waals surface area contributed by atoms with Gasteiger partial charge in [0.25, 0.3) is 0 Å². The number of rotatable bonds is 2. The van der Waals surface area contributed by atoms with Crippen LogP contribution in [-0.4, -0.2) is 13.3 Å². The summed E-state index contributed by atoms with van der Waals surface area (Å²) >= 11 is 0. The van der Waals surface area contributed by atoms with Gasteiger partial charge in [0.2, 0.25) is 0 Å². The molecular weight excluding hydrogens is 118 g/mol. The van der Waals surface area contributed by atoms with Crippen molar-refractivity contribution in [2.24, 2.45) is 0 Å². The minimum Gasteiger partial charge on any atom is -0.306 e. The lowest BCUT2D eigenvalue weighted by Crippen LogP contribution is -1.79. The van der Waals surface area contributed by atoms with Crippen molar-refractivity contribution in [3.8, 4) is 0 Å². The summed E-state index contributed by atoms with van der Waals surface area (Å²) in [6.07, 6.45) is 0. The molecular formula is C3H8FO2P. The van der Waals surface area contributed by atoms with E-state index in [1.54, 1.807) is 6.92 Å². The van der Waals surface area contributed by atoms with Gasteiger partial charge in [0, 0.05) is 6.66 Å². The Bertz CT molecular complexity index is 86.9. The van der Waals surface area contributed by atoms with Crippen molar-refractivity contribution in [1.82, 2.24) is 0 Å². The molecule has 44 valence electrons. The zero-order valence-electron chi connectivity index (χ0n) is 4.35. The van der Waals surface area contributed by atoms with Gasteiger partial charge in [-0.1, -0.05) is 0 Å². The van der Waals surface area contributed by atoms with E-state index in [-0.39, 0.29) is 6.61 Å². The van der Waals surface area contributed by atoms with Crippen LogP contribution in [0.25, 0.3) is 0 Å². The minimum absolute atomic E-state index is 0.171. The summed E-state index contributed by atoms with van der Waals surface area (Å²) in [7, 11) is -3.67. The van der Waals surface area contributed by atoms with Crippen LogP contribution in [0.2, 0.25) is 0 Å². The van der Waals surface area contributed by atoms with Crippen molar-refractivity contribution in [3.05, 3.63) is 0 Å². The molecule has 0 amide bonds. The first-order chi connectivity index (χ1) is 3.06. The van der Waals surface area contributed by atoms with Crippen LogP contribution in [0.1, 0.15) is 6.92 Å². The molecule has 0 aliphatic carbocycles. The monoisotopic (exact) mass is 126 g/mol. The summed E-state index contributed by atoms with van der Waals surface area (Å²) < 4.78 is 25.8. The summed E-state index contributed by atoms with van der Waals surface area (Å²) in [6, 6.07) is 0. The summed E-state index contributed by atoms with van der Waals surface area (Å²) in [4.78, 5) is 0. The van der Waals surface area contributed by atoms with Crippen molar-refractivity contribution in [1.29, 1.82) is 0 Å². The maximum atomic E-state index is 11.7. The van der Waals surface area contributed by atoms with Gasteiger partial charge in [-0.15, -0.1) is 0 Å². The lowest BCUT2D eigenvalue weighted by Gasteiger charge is -1.97. The first kappa shape index (κ1) is 7.12. The second-order valence-electron chi connectivity index (χ2n) is 1.16. The van der Waals surface area contributed by atoms with Crippen molar-refractivity contribution in [2.75, 3.05) is 13.3 Å². The van der Waals surface area contributed by atoms with E-state index < -0.39 is 7.68 Å². The standard InChI is InChI=1S/C3H8FO2P/c1-3-6-7(2,4)5/h3H2,1-2H3. The predicted octanol–water partition coefficient (Wildman–Crippen LogP) is 1.82. The Morgan fingerprint density at radius 3 is 2.29 bits per heavy atom. The lowest BCUT2D eigenvalue weighted by atomic mass is 10.9. The fourth-order valence-electron chi connectivity index (χ4n) is 0.231. The molecule has 1 unspecified atom stereocenters. The summed E-state index contributed by atoms with van der Waals surface area (Å²) in [6.45, 7) is 2.70. The number of hydrogen-bond acceptors (Lipinski definition) is 2. The van der Waals surface area contributed by atoms with Crippen LogP contribution in [0.15, 0.2) is 0 Å². The molecule has 0 aromatic rings. The predicted molar refractivity (Wildman–Crippen MR) is 26.3 cm³/mol. The van der Waals surface area contributed by atoms with Gasteiger partial charge in [-0.3, -0.25) is 4.57 Å². The van der Waals surface area contributed by atoms with Gasteiger partial charge in [0.1, 0.15) is 0 Å². The van der Waals surface area contributed by atoms with Crippen LogP contribution >= 0.6 is 7.68 Å². The van der Waals surface area contributed by atoms with Crippen molar-refractivity contribution in [3.63, 3.8) is 0 Å². The minimum atomic E-state index is -3.67. The molecule has 0 fully saturated rings. The fraction of sp³-hybridized carbons (Fsp3) is 1.00. The molecule has 0 aromatic carbocycles. The molecule has 0 saturated carbocycles. The van der Waals surface area contributed by atoms with Gasteiger partial charge in [0.05, 0.1) is 6.61 Å². The van der Waals surface area contributed by atoms with E-state index in [1.165, 1.54) is 0 Å². The molecule has 0 spiro atoms. The highest BCUT2D eigenvalue weighted by Crippen LogP contribution is 2.43. The fourth-order valence-corrected chi connectivity index (χ4v) is 0.692. The van der Waals surface area contributed by atoms with E-state index in [0.717, 1.165) is 6.66 Å². The normalized spacial score (nSPS) is 18.7. The topological polar surface area (TPSA) is 26.3 Å². The lowest BCUT2D eigenvalue weighted by molar-refractivity contribution is 0.309. The SMILES string of the molecule is CCOP(C)(=O)F. The van der Waals surface area contributed by atoms with Gasteiger partial charge in [-0.05, 0) is 6.92 Å². The largest absolute Gasteiger partial charge is 0.364 e. The van der Waals surface area contributed by atoms with Crippen molar-refractivity contribution < 1.29 is 13.3 Å². The molecule has 4 heteroatoms. The smallest absolute Gasteiger partial charge is 0.306 e. The third-order valence-corrected chi connectivity index (χ3v) is 1.08. The molecule has 0 bridgehead atoms. The number of hydrogen-bond donors (Lipinski definition) is 0. The first-order valence-corrected chi connectivity index (χ1v) is 3.94. The highest BCUT2D eigenvalue weighted by atomic mass is 31.2. The van der Waals surface area contributed by atoms with E-state index in [9.17, 15) is 8.76 Å². The zero-order valence-corrected chi connectivity index (χ0v) is 5.24. The maximum absolute atomic E-state index is 11.7. The maximum Gasteiger partial charge on any atom is 0.364 e. The molecule has 1 atom stereocenters. The van der Waals surface area contributed by atoms with E-state index in [0.29, 0.717) is 0 Å². The average Bonchev–Trinajstić information content (AvgIpc) is 1.30. The van der Waals surface area contributed by atoms with Crippen molar-refractivity contribution >= 4 is 7.68 Å². The van der Waals surface area contributed by atoms with Crippen molar-refractivity contribution in [2.45, 2.75) is 6.92 Å². The van der Waals surface area contributed by atoms with Crippen LogP contribution in [0, 0.1) is 0 Å². The molecule has 0 aliphatic heterocycles. The molecule has 0 aromatic heterocycles. The van der Waals surface area contributed by atoms with Crippen LogP contribution in [0.3, 0.4) is 0 Å². The second kappa shape index (κ2) is 2.43. The quantitative estimate of drug-likeness (QED) is 0.527. The first-order valence-electron chi connectivity index (χ1n) is 1.98. The molecule has 0 aliphatic rings. The Morgan fingerprint density at radius 1 is 1.86 bits per heavy atom. The third kappa shape index (κ3) is 6.12. The molecule has 0 heterocycles. The Morgan fingerprint density at radius 2 is 2.29 bits per heavy atom. The summed E-state index contributed by atoms with van der Waals surface area (Å²) in [5.41, 5.74) is 0. The van der Waals surface area contributed by atoms with E-state index in [1.807, 2.05) is 0 Å².